The van der Waals surface area contributed by atoms with Crippen molar-refractivity contribution >= 4 is 11.8 Å². The van der Waals surface area contributed by atoms with Crippen LogP contribution in [0.5, 0.6) is 5.88 Å². The van der Waals surface area contributed by atoms with Gasteiger partial charge in [-0.05, 0) is 50.3 Å². The molecule has 6 heteroatoms. The molecule has 0 saturated heterocycles. The summed E-state index contributed by atoms with van der Waals surface area (Å²) < 4.78 is 7.58. The van der Waals surface area contributed by atoms with E-state index in [2.05, 4.69) is 27.2 Å². The summed E-state index contributed by atoms with van der Waals surface area (Å²) in [7, 11) is 0. The summed E-state index contributed by atoms with van der Waals surface area (Å²) in [6.07, 6.45) is 8.30. The molecule has 1 saturated carbocycles. The summed E-state index contributed by atoms with van der Waals surface area (Å²) in [6, 6.07) is 10.2. The number of ether oxygens (including phenoxy) is 1. The number of nitrogens with zero attached hydrogens (tertiary/aromatic N) is 4. The lowest BCUT2D eigenvalue weighted by molar-refractivity contribution is 0.226. The lowest BCUT2D eigenvalue weighted by Crippen LogP contribution is -2.07. The van der Waals surface area contributed by atoms with Gasteiger partial charge in [0.25, 0.3) is 5.95 Å². The van der Waals surface area contributed by atoms with Crippen LogP contribution < -0.4 is 4.74 Å². The lowest BCUT2D eigenvalue weighted by atomic mass is 10.2. The summed E-state index contributed by atoms with van der Waals surface area (Å²) in [6.45, 7) is 3.99. The van der Waals surface area contributed by atoms with Crippen molar-refractivity contribution in [2.75, 3.05) is 0 Å². The van der Waals surface area contributed by atoms with Gasteiger partial charge in [-0.2, -0.15) is 0 Å². The zero-order valence-corrected chi connectivity index (χ0v) is 15.1. The predicted octanol–water partition coefficient (Wildman–Crippen LogP) is 4.48. The summed E-state index contributed by atoms with van der Waals surface area (Å²) in [4.78, 5) is 11.0. The maximum absolute atomic E-state index is 5.88. The van der Waals surface area contributed by atoms with Crippen molar-refractivity contribution in [3.8, 4) is 11.8 Å². The van der Waals surface area contributed by atoms with Gasteiger partial charge in [-0.25, -0.2) is 14.6 Å². The Morgan fingerprint density at radius 3 is 2.48 bits per heavy atom. The van der Waals surface area contributed by atoms with Gasteiger partial charge in [0, 0.05) is 17.3 Å². The molecule has 128 valence electrons. The quantitative estimate of drug-likeness (QED) is 0.655. The Hall–Kier alpha value is -2.34. The van der Waals surface area contributed by atoms with Crippen LogP contribution in [-0.4, -0.2) is 25.9 Å². The first kappa shape index (κ1) is 16.1. The highest BCUT2D eigenvalue weighted by atomic mass is 32.2. The Morgan fingerprint density at radius 2 is 1.84 bits per heavy atom. The van der Waals surface area contributed by atoms with Crippen LogP contribution in [-0.2, 0) is 0 Å². The topological polar surface area (TPSA) is 52.8 Å². The molecule has 4 rings (SSSR count). The minimum atomic E-state index is 0.0524. The van der Waals surface area contributed by atoms with Crippen molar-refractivity contribution < 1.29 is 4.74 Å². The third kappa shape index (κ3) is 3.85. The highest BCUT2D eigenvalue weighted by Crippen LogP contribution is 2.39. The molecule has 5 nitrogen and oxygen atoms in total. The second-order valence-corrected chi connectivity index (χ2v) is 7.53. The fourth-order valence-corrected chi connectivity index (χ4v) is 3.39. The molecule has 1 aliphatic rings. The molecule has 0 amide bonds. The average Bonchev–Trinajstić information content (AvgIpc) is 3.40. The fourth-order valence-electron chi connectivity index (χ4n) is 2.51. The number of hydrogen-bond donors (Lipinski definition) is 0. The number of rotatable bonds is 6. The molecule has 0 bridgehead atoms. The third-order valence-corrected chi connectivity index (χ3v) is 4.89. The van der Waals surface area contributed by atoms with Gasteiger partial charge >= 0.3 is 0 Å². The van der Waals surface area contributed by atoms with Gasteiger partial charge in [-0.3, -0.25) is 0 Å². The van der Waals surface area contributed by atoms with Crippen molar-refractivity contribution in [3.63, 3.8) is 0 Å². The first-order chi connectivity index (χ1) is 12.2. The Labute approximate surface area is 151 Å². The van der Waals surface area contributed by atoms with E-state index < -0.39 is 0 Å². The van der Waals surface area contributed by atoms with Crippen LogP contribution in [0.15, 0.2) is 58.7 Å². The van der Waals surface area contributed by atoms with Gasteiger partial charge in [0.2, 0.25) is 5.88 Å². The minimum absolute atomic E-state index is 0.0524. The van der Waals surface area contributed by atoms with Crippen molar-refractivity contribution in [1.82, 2.24) is 19.7 Å². The fraction of sp³-hybridized carbons (Fsp3) is 0.316. The second kappa shape index (κ2) is 6.88. The van der Waals surface area contributed by atoms with E-state index in [9.17, 15) is 0 Å². The van der Waals surface area contributed by atoms with E-state index in [0.717, 1.165) is 9.79 Å². The molecule has 0 unspecified atom stereocenters. The zero-order chi connectivity index (χ0) is 17.2. The van der Waals surface area contributed by atoms with Crippen LogP contribution in [0.1, 0.15) is 38.2 Å². The molecule has 25 heavy (non-hydrogen) atoms. The predicted molar refractivity (Wildman–Crippen MR) is 97.5 cm³/mol. The molecular formula is C19H20N4OS. The van der Waals surface area contributed by atoms with Gasteiger partial charge in [0.05, 0.1) is 17.2 Å². The lowest BCUT2D eigenvalue weighted by Gasteiger charge is -2.08. The van der Waals surface area contributed by atoms with E-state index in [4.69, 9.17) is 4.74 Å². The molecule has 1 aliphatic carbocycles. The monoisotopic (exact) mass is 352 g/mol. The molecule has 0 N–H and O–H groups in total. The van der Waals surface area contributed by atoms with E-state index in [-0.39, 0.29) is 6.10 Å². The van der Waals surface area contributed by atoms with Crippen LogP contribution in [0.2, 0.25) is 0 Å². The average molecular weight is 352 g/mol. The minimum Gasteiger partial charge on any atom is -0.473 e. The van der Waals surface area contributed by atoms with Crippen molar-refractivity contribution in [3.05, 3.63) is 54.5 Å². The molecule has 2 heterocycles. The van der Waals surface area contributed by atoms with Gasteiger partial charge < -0.3 is 4.74 Å². The van der Waals surface area contributed by atoms with E-state index in [1.54, 1.807) is 16.4 Å². The molecular weight excluding hydrogens is 332 g/mol. The Morgan fingerprint density at radius 1 is 1.12 bits per heavy atom. The molecule has 0 aliphatic heterocycles. The van der Waals surface area contributed by atoms with Gasteiger partial charge in [-0.1, -0.05) is 30.0 Å². The van der Waals surface area contributed by atoms with E-state index >= 15 is 0 Å². The number of benzene rings is 1. The van der Waals surface area contributed by atoms with Gasteiger partial charge in [0.1, 0.15) is 0 Å². The summed E-state index contributed by atoms with van der Waals surface area (Å²) in [5.41, 5.74) is 1.22. The van der Waals surface area contributed by atoms with Crippen LogP contribution in [0.4, 0.5) is 0 Å². The zero-order valence-electron chi connectivity index (χ0n) is 14.3. The molecule has 0 spiro atoms. The van der Waals surface area contributed by atoms with Crippen molar-refractivity contribution in [1.29, 1.82) is 0 Å². The van der Waals surface area contributed by atoms with Crippen molar-refractivity contribution in [2.45, 2.75) is 48.5 Å². The maximum Gasteiger partial charge on any atom is 0.250 e. The molecule has 1 fully saturated rings. The summed E-state index contributed by atoms with van der Waals surface area (Å²) in [5, 5.41) is 4.56. The normalized spacial score (nSPS) is 14.0. The molecule has 1 aromatic carbocycles. The standard InChI is InChI=1S/C19H20N4OS/c1-13(2)24-18-17(25-16-6-4-3-5-7-16)12-23(22-18)19-20-10-15(11-21-19)14-8-9-14/h3-7,10-14H,8-9H2,1-2H3. The second-order valence-electron chi connectivity index (χ2n) is 6.42. The first-order valence-corrected chi connectivity index (χ1v) is 9.32. The first-order valence-electron chi connectivity index (χ1n) is 8.50. The van der Waals surface area contributed by atoms with Crippen LogP contribution in [0.3, 0.4) is 0 Å². The third-order valence-electron chi connectivity index (χ3n) is 3.88. The van der Waals surface area contributed by atoms with Crippen LogP contribution in [0, 0.1) is 0 Å². The van der Waals surface area contributed by atoms with Gasteiger partial charge in [-0.15, -0.1) is 5.10 Å². The summed E-state index contributed by atoms with van der Waals surface area (Å²) in [5.74, 6) is 1.83. The van der Waals surface area contributed by atoms with E-state index in [1.807, 2.05) is 50.6 Å². The molecule has 0 radical (unpaired) electrons. The SMILES string of the molecule is CC(C)Oc1nn(-c2ncc(C3CC3)cn2)cc1Sc1ccccc1. The number of hydrogen-bond acceptors (Lipinski definition) is 5. The largest absolute Gasteiger partial charge is 0.473 e. The maximum atomic E-state index is 5.88. The number of aromatic nitrogens is 4. The Bertz CT molecular complexity index is 842. The van der Waals surface area contributed by atoms with Crippen molar-refractivity contribution in [2.24, 2.45) is 0 Å². The van der Waals surface area contributed by atoms with E-state index in [1.165, 1.54) is 18.4 Å². The highest BCUT2D eigenvalue weighted by Gasteiger charge is 2.24. The molecule has 0 atom stereocenters. The summed E-state index contributed by atoms with van der Waals surface area (Å²) >= 11 is 1.63. The van der Waals surface area contributed by atoms with Crippen LogP contribution in [0.25, 0.3) is 5.95 Å². The van der Waals surface area contributed by atoms with Gasteiger partial charge in [0.15, 0.2) is 0 Å². The van der Waals surface area contributed by atoms with E-state index in [0.29, 0.717) is 17.7 Å². The Kier molecular flexibility index (Phi) is 4.44. The highest BCUT2D eigenvalue weighted by molar-refractivity contribution is 7.99. The molecule has 3 aromatic rings. The Balaban J connectivity index is 1.63. The molecule has 2 aromatic heterocycles. The smallest absolute Gasteiger partial charge is 0.250 e. The van der Waals surface area contributed by atoms with Crippen LogP contribution >= 0.6 is 11.8 Å².